The second-order valence-corrected chi connectivity index (χ2v) is 4.67. The highest BCUT2D eigenvalue weighted by atomic mass is 16.3. The van der Waals surface area contributed by atoms with E-state index in [4.69, 9.17) is 4.42 Å². The normalized spacial score (nSPS) is 14.1. The van der Waals surface area contributed by atoms with Gasteiger partial charge in [-0.3, -0.25) is 9.59 Å². The van der Waals surface area contributed by atoms with E-state index in [1.807, 2.05) is 20.8 Å². The standard InChI is InChI=1S/C13H20N2O3/c1-8(2)12(15-10(4)16)13(17)14-9(3)11-6-5-7-18-11/h5-9,12H,1-4H3,(H,14,17)(H,15,16)/t9-,12-/m1/s1. The van der Waals surface area contributed by atoms with E-state index in [0.717, 1.165) is 0 Å². The first-order valence-corrected chi connectivity index (χ1v) is 6.02. The molecule has 0 saturated heterocycles. The fourth-order valence-corrected chi connectivity index (χ4v) is 1.67. The summed E-state index contributed by atoms with van der Waals surface area (Å²) in [5, 5.41) is 5.47. The summed E-state index contributed by atoms with van der Waals surface area (Å²) in [6.45, 7) is 7.01. The van der Waals surface area contributed by atoms with E-state index in [0.29, 0.717) is 5.76 Å². The molecule has 1 aromatic heterocycles. The number of furan rings is 1. The molecule has 0 spiro atoms. The Kier molecular flexibility index (Phi) is 4.95. The summed E-state index contributed by atoms with van der Waals surface area (Å²) in [4.78, 5) is 23.1. The smallest absolute Gasteiger partial charge is 0.243 e. The molecular formula is C13H20N2O3. The van der Waals surface area contributed by atoms with Crippen molar-refractivity contribution in [3.63, 3.8) is 0 Å². The first-order chi connectivity index (χ1) is 8.41. The average Bonchev–Trinajstić information content (AvgIpc) is 2.78. The molecular weight excluding hydrogens is 232 g/mol. The van der Waals surface area contributed by atoms with Gasteiger partial charge >= 0.3 is 0 Å². The Morgan fingerprint density at radius 3 is 2.33 bits per heavy atom. The summed E-state index contributed by atoms with van der Waals surface area (Å²) < 4.78 is 5.22. The third kappa shape index (κ3) is 3.91. The van der Waals surface area contributed by atoms with Gasteiger partial charge < -0.3 is 15.1 Å². The largest absolute Gasteiger partial charge is 0.467 e. The molecule has 1 rings (SSSR count). The van der Waals surface area contributed by atoms with Gasteiger partial charge in [0.05, 0.1) is 12.3 Å². The van der Waals surface area contributed by atoms with Crippen LogP contribution in [0.2, 0.25) is 0 Å². The SMILES string of the molecule is CC(=O)N[C@@H](C(=O)N[C@H](C)c1ccco1)C(C)C. The van der Waals surface area contributed by atoms with E-state index < -0.39 is 6.04 Å². The van der Waals surface area contributed by atoms with Crippen molar-refractivity contribution in [3.8, 4) is 0 Å². The van der Waals surface area contributed by atoms with Gasteiger partial charge in [0.15, 0.2) is 0 Å². The molecule has 0 unspecified atom stereocenters. The van der Waals surface area contributed by atoms with Gasteiger partial charge in [-0.05, 0) is 25.0 Å². The average molecular weight is 252 g/mol. The van der Waals surface area contributed by atoms with Crippen molar-refractivity contribution in [2.45, 2.75) is 39.8 Å². The highest BCUT2D eigenvalue weighted by Gasteiger charge is 2.24. The lowest BCUT2D eigenvalue weighted by atomic mass is 10.0. The molecule has 0 aliphatic heterocycles. The first kappa shape index (κ1) is 14.3. The molecule has 2 atom stereocenters. The van der Waals surface area contributed by atoms with Crippen LogP contribution in [-0.4, -0.2) is 17.9 Å². The van der Waals surface area contributed by atoms with Crippen LogP contribution in [0, 0.1) is 5.92 Å². The summed E-state index contributed by atoms with van der Waals surface area (Å²) in [5.41, 5.74) is 0. The Morgan fingerprint density at radius 1 is 1.22 bits per heavy atom. The summed E-state index contributed by atoms with van der Waals surface area (Å²) in [6.07, 6.45) is 1.56. The molecule has 1 heterocycles. The Labute approximate surface area is 107 Å². The van der Waals surface area contributed by atoms with E-state index in [-0.39, 0.29) is 23.8 Å². The van der Waals surface area contributed by atoms with Crippen molar-refractivity contribution >= 4 is 11.8 Å². The molecule has 0 saturated carbocycles. The molecule has 0 aliphatic rings. The van der Waals surface area contributed by atoms with Crippen LogP contribution in [0.1, 0.15) is 39.5 Å². The molecule has 100 valence electrons. The van der Waals surface area contributed by atoms with Crippen LogP contribution in [0.15, 0.2) is 22.8 Å². The van der Waals surface area contributed by atoms with Crippen molar-refractivity contribution in [2.75, 3.05) is 0 Å². The summed E-state index contributed by atoms with van der Waals surface area (Å²) in [7, 11) is 0. The Morgan fingerprint density at radius 2 is 1.89 bits per heavy atom. The van der Waals surface area contributed by atoms with Crippen molar-refractivity contribution in [1.82, 2.24) is 10.6 Å². The molecule has 0 radical (unpaired) electrons. The maximum absolute atomic E-state index is 12.1. The number of carbonyl (C=O) groups excluding carboxylic acids is 2. The van der Waals surface area contributed by atoms with Crippen molar-refractivity contribution in [1.29, 1.82) is 0 Å². The predicted octanol–water partition coefficient (Wildman–Crippen LogP) is 1.62. The molecule has 5 heteroatoms. The highest BCUT2D eigenvalue weighted by Crippen LogP contribution is 2.13. The number of hydrogen-bond donors (Lipinski definition) is 2. The van der Waals surface area contributed by atoms with Crippen LogP contribution in [0.4, 0.5) is 0 Å². The topological polar surface area (TPSA) is 71.3 Å². The number of hydrogen-bond acceptors (Lipinski definition) is 3. The van der Waals surface area contributed by atoms with E-state index in [2.05, 4.69) is 10.6 Å². The molecule has 0 fully saturated rings. The zero-order valence-corrected chi connectivity index (χ0v) is 11.2. The lowest BCUT2D eigenvalue weighted by molar-refractivity contribution is -0.129. The van der Waals surface area contributed by atoms with Crippen LogP contribution < -0.4 is 10.6 Å². The molecule has 2 N–H and O–H groups in total. The fraction of sp³-hybridized carbons (Fsp3) is 0.538. The number of nitrogens with one attached hydrogen (secondary N) is 2. The molecule has 2 amide bonds. The first-order valence-electron chi connectivity index (χ1n) is 6.02. The second-order valence-electron chi connectivity index (χ2n) is 4.67. The van der Waals surface area contributed by atoms with Crippen LogP contribution in [0.3, 0.4) is 0 Å². The molecule has 0 aromatic carbocycles. The van der Waals surface area contributed by atoms with Gasteiger partial charge in [-0.15, -0.1) is 0 Å². The maximum Gasteiger partial charge on any atom is 0.243 e. The van der Waals surface area contributed by atoms with E-state index in [1.165, 1.54) is 6.92 Å². The third-order valence-corrected chi connectivity index (χ3v) is 2.64. The van der Waals surface area contributed by atoms with E-state index >= 15 is 0 Å². The molecule has 0 bridgehead atoms. The van der Waals surface area contributed by atoms with Gasteiger partial charge in [0, 0.05) is 6.92 Å². The van der Waals surface area contributed by atoms with Gasteiger partial charge in [-0.1, -0.05) is 13.8 Å². The maximum atomic E-state index is 12.1. The molecule has 5 nitrogen and oxygen atoms in total. The monoisotopic (exact) mass is 252 g/mol. The van der Waals surface area contributed by atoms with Gasteiger partial charge in [0.2, 0.25) is 11.8 Å². The number of carbonyl (C=O) groups is 2. The Hall–Kier alpha value is -1.78. The quantitative estimate of drug-likeness (QED) is 0.836. The van der Waals surface area contributed by atoms with Crippen LogP contribution >= 0.6 is 0 Å². The third-order valence-electron chi connectivity index (χ3n) is 2.64. The van der Waals surface area contributed by atoms with Crippen molar-refractivity contribution in [2.24, 2.45) is 5.92 Å². The number of rotatable bonds is 5. The fourth-order valence-electron chi connectivity index (χ4n) is 1.67. The number of amides is 2. The Bertz CT molecular complexity index is 398. The van der Waals surface area contributed by atoms with Gasteiger partial charge in [-0.2, -0.15) is 0 Å². The molecule has 0 aliphatic carbocycles. The van der Waals surface area contributed by atoms with Crippen LogP contribution in [0.25, 0.3) is 0 Å². The van der Waals surface area contributed by atoms with Gasteiger partial charge in [0.1, 0.15) is 11.8 Å². The zero-order chi connectivity index (χ0) is 13.7. The molecule has 1 aromatic rings. The minimum absolute atomic E-state index is 0.0256. The van der Waals surface area contributed by atoms with Crippen LogP contribution in [0.5, 0.6) is 0 Å². The van der Waals surface area contributed by atoms with Crippen LogP contribution in [-0.2, 0) is 9.59 Å². The summed E-state index contributed by atoms with van der Waals surface area (Å²) in [6, 6.07) is 2.82. The van der Waals surface area contributed by atoms with Crippen molar-refractivity contribution in [3.05, 3.63) is 24.2 Å². The van der Waals surface area contributed by atoms with Gasteiger partial charge in [-0.25, -0.2) is 0 Å². The predicted molar refractivity (Wildman–Crippen MR) is 67.7 cm³/mol. The second kappa shape index (κ2) is 6.23. The zero-order valence-electron chi connectivity index (χ0n) is 11.2. The Balaban J connectivity index is 2.64. The minimum Gasteiger partial charge on any atom is -0.467 e. The lowest BCUT2D eigenvalue weighted by Crippen LogP contribution is -2.49. The van der Waals surface area contributed by atoms with E-state index in [1.54, 1.807) is 18.4 Å². The van der Waals surface area contributed by atoms with Gasteiger partial charge in [0.25, 0.3) is 0 Å². The molecule has 18 heavy (non-hydrogen) atoms. The lowest BCUT2D eigenvalue weighted by Gasteiger charge is -2.22. The summed E-state index contributed by atoms with van der Waals surface area (Å²) >= 11 is 0. The minimum atomic E-state index is -0.528. The highest BCUT2D eigenvalue weighted by molar-refractivity contribution is 5.87. The van der Waals surface area contributed by atoms with Crippen molar-refractivity contribution < 1.29 is 14.0 Å². The van der Waals surface area contributed by atoms with E-state index in [9.17, 15) is 9.59 Å². The summed E-state index contributed by atoms with van der Waals surface area (Å²) in [5.74, 6) is 0.296.